The highest BCUT2D eigenvalue weighted by atomic mass is 16.1. The first-order valence-electron chi connectivity index (χ1n) is 8.45. The Morgan fingerprint density at radius 2 is 2.08 bits per heavy atom. The van der Waals surface area contributed by atoms with Crippen LogP contribution in [0.1, 0.15) is 41.9 Å². The molecule has 0 spiro atoms. The van der Waals surface area contributed by atoms with E-state index in [0.29, 0.717) is 12.8 Å². The number of carbonyl (C=O) groups is 1. The highest BCUT2D eigenvalue weighted by Crippen LogP contribution is 2.21. The van der Waals surface area contributed by atoms with Crippen molar-refractivity contribution >= 4 is 5.91 Å². The molecule has 6 heteroatoms. The van der Waals surface area contributed by atoms with E-state index in [2.05, 4.69) is 20.6 Å². The Bertz CT molecular complexity index is 851. The van der Waals surface area contributed by atoms with E-state index in [1.54, 1.807) is 6.20 Å². The van der Waals surface area contributed by atoms with E-state index < -0.39 is 0 Å². The van der Waals surface area contributed by atoms with E-state index in [1.807, 2.05) is 62.0 Å². The molecule has 130 valence electrons. The average molecular weight is 337 g/mol. The molecule has 0 saturated carbocycles. The molecule has 1 unspecified atom stereocenters. The summed E-state index contributed by atoms with van der Waals surface area (Å²) in [6.45, 7) is 6.00. The zero-order valence-electron chi connectivity index (χ0n) is 14.8. The maximum absolute atomic E-state index is 12.3. The van der Waals surface area contributed by atoms with Gasteiger partial charge in [0.15, 0.2) is 0 Å². The number of benzene rings is 1. The van der Waals surface area contributed by atoms with Gasteiger partial charge in [-0.1, -0.05) is 18.2 Å². The molecule has 25 heavy (non-hydrogen) atoms. The van der Waals surface area contributed by atoms with Gasteiger partial charge in [-0.25, -0.2) is 4.68 Å². The third-order valence-electron chi connectivity index (χ3n) is 4.47. The number of H-pyrrole nitrogens is 1. The first kappa shape index (κ1) is 17.0. The van der Waals surface area contributed by atoms with Gasteiger partial charge in [-0.3, -0.25) is 9.89 Å². The van der Waals surface area contributed by atoms with Gasteiger partial charge in [-0.05, 0) is 44.0 Å². The fourth-order valence-electron chi connectivity index (χ4n) is 2.88. The summed E-state index contributed by atoms with van der Waals surface area (Å²) in [5, 5.41) is 14.6. The molecule has 2 N–H and O–H groups in total. The van der Waals surface area contributed by atoms with Crippen molar-refractivity contribution in [2.75, 3.05) is 0 Å². The molecule has 3 rings (SSSR count). The smallest absolute Gasteiger partial charge is 0.220 e. The predicted molar refractivity (Wildman–Crippen MR) is 96.5 cm³/mol. The molecule has 0 saturated heterocycles. The van der Waals surface area contributed by atoms with Crippen LogP contribution in [0.15, 0.2) is 42.7 Å². The molecule has 6 nitrogen and oxygen atoms in total. The molecule has 1 atom stereocenters. The van der Waals surface area contributed by atoms with Crippen LogP contribution < -0.4 is 5.32 Å². The van der Waals surface area contributed by atoms with Gasteiger partial charge >= 0.3 is 0 Å². The summed E-state index contributed by atoms with van der Waals surface area (Å²) >= 11 is 0. The number of nitrogens with one attached hydrogen (secondary N) is 2. The van der Waals surface area contributed by atoms with Crippen LogP contribution >= 0.6 is 0 Å². The predicted octanol–water partition coefficient (Wildman–Crippen LogP) is 3.02. The number of carbonyl (C=O) groups excluding carboxylic acids is 1. The van der Waals surface area contributed by atoms with Crippen molar-refractivity contribution in [1.82, 2.24) is 25.3 Å². The van der Waals surface area contributed by atoms with Crippen molar-refractivity contribution in [3.8, 4) is 5.69 Å². The molecule has 1 aromatic carbocycles. The van der Waals surface area contributed by atoms with Crippen LogP contribution in [0.25, 0.3) is 5.69 Å². The summed E-state index contributed by atoms with van der Waals surface area (Å²) in [6, 6.07) is 9.74. The monoisotopic (exact) mass is 337 g/mol. The lowest BCUT2D eigenvalue weighted by atomic mass is 10.1. The maximum Gasteiger partial charge on any atom is 0.220 e. The Morgan fingerprint density at radius 1 is 1.28 bits per heavy atom. The standard InChI is InChI=1S/C19H23N5O/c1-13-14(2)22-23-17(13)9-10-19(25)21-15(3)16-7-4-5-8-18(16)24-12-6-11-20-24/h4-8,11-12,15H,9-10H2,1-3H3,(H,21,25)(H,22,23). The van der Waals surface area contributed by atoms with E-state index in [0.717, 1.165) is 28.2 Å². The Kier molecular flexibility index (Phi) is 4.97. The summed E-state index contributed by atoms with van der Waals surface area (Å²) in [5.41, 5.74) is 5.14. The van der Waals surface area contributed by atoms with Crippen LogP contribution in [0.4, 0.5) is 0 Å². The Balaban J connectivity index is 1.65. The largest absolute Gasteiger partial charge is 0.349 e. The van der Waals surface area contributed by atoms with E-state index >= 15 is 0 Å². The molecular weight excluding hydrogens is 314 g/mol. The summed E-state index contributed by atoms with van der Waals surface area (Å²) in [7, 11) is 0. The van der Waals surface area contributed by atoms with Crippen LogP contribution in [0.3, 0.4) is 0 Å². The lowest BCUT2D eigenvalue weighted by Crippen LogP contribution is -2.27. The second kappa shape index (κ2) is 7.34. The Hall–Kier alpha value is -2.89. The number of aromatic amines is 1. The third kappa shape index (κ3) is 3.79. The fourth-order valence-corrected chi connectivity index (χ4v) is 2.88. The number of rotatable bonds is 6. The zero-order valence-corrected chi connectivity index (χ0v) is 14.8. The molecule has 0 fully saturated rings. The van der Waals surface area contributed by atoms with Gasteiger partial charge in [-0.2, -0.15) is 10.2 Å². The molecule has 0 aliphatic rings. The van der Waals surface area contributed by atoms with Crippen LogP contribution in [0.5, 0.6) is 0 Å². The minimum absolute atomic E-state index is 0.0165. The molecule has 0 radical (unpaired) electrons. The first-order chi connectivity index (χ1) is 12.1. The number of aromatic nitrogens is 4. The number of aryl methyl sites for hydroxylation is 2. The number of hydrogen-bond acceptors (Lipinski definition) is 3. The minimum atomic E-state index is -0.102. The lowest BCUT2D eigenvalue weighted by molar-refractivity contribution is -0.121. The Labute approximate surface area is 147 Å². The highest BCUT2D eigenvalue weighted by molar-refractivity contribution is 5.76. The molecule has 3 aromatic rings. The molecule has 1 amide bonds. The van der Waals surface area contributed by atoms with E-state index in [1.165, 1.54) is 0 Å². The summed E-state index contributed by atoms with van der Waals surface area (Å²) in [5.74, 6) is 0.0165. The van der Waals surface area contributed by atoms with Crippen molar-refractivity contribution < 1.29 is 4.79 Å². The number of para-hydroxylation sites is 1. The topological polar surface area (TPSA) is 75.6 Å². The van der Waals surface area contributed by atoms with Crippen molar-refractivity contribution in [3.63, 3.8) is 0 Å². The van der Waals surface area contributed by atoms with Gasteiger partial charge in [0.2, 0.25) is 5.91 Å². The number of amides is 1. The molecule has 0 aliphatic carbocycles. The summed E-state index contributed by atoms with van der Waals surface area (Å²) in [4.78, 5) is 12.3. The normalized spacial score (nSPS) is 12.1. The summed E-state index contributed by atoms with van der Waals surface area (Å²) in [6.07, 6.45) is 4.69. The van der Waals surface area contributed by atoms with Gasteiger partial charge in [0, 0.05) is 30.9 Å². The quantitative estimate of drug-likeness (QED) is 0.726. The Morgan fingerprint density at radius 3 is 2.76 bits per heavy atom. The molecular formula is C19H23N5O. The average Bonchev–Trinajstić information content (AvgIpc) is 3.25. The van der Waals surface area contributed by atoms with Crippen molar-refractivity contribution in [2.45, 2.75) is 39.7 Å². The van der Waals surface area contributed by atoms with E-state index in [-0.39, 0.29) is 11.9 Å². The van der Waals surface area contributed by atoms with Crippen LogP contribution in [-0.4, -0.2) is 25.9 Å². The van der Waals surface area contributed by atoms with E-state index in [9.17, 15) is 4.79 Å². The van der Waals surface area contributed by atoms with Crippen molar-refractivity contribution in [2.24, 2.45) is 0 Å². The second-order valence-electron chi connectivity index (χ2n) is 6.22. The second-order valence-corrected chi connectivity index (χ2v) is 6.22. The van der Waals surface area contributed by atoms with Crippen molar-refractivity contribution in [1.29, 1.82) is 0 Å². The zero-order chi connectivity index (χ0) is 17.8. The van der Waals surface area contributed by atoms with Crippen molar-refractivity contribution in [3.05, 3.63) is 65.2 Å². The van der Waals surface area contributed by atoms with Gasteiger partial charge in [0.05, 0.1) is 17.4 Å². The highest BCUT2D eigenvalue weighted by Gasteiger charge is 2.15. The van der Waals surface area contributed by atoms with Gasteiger partial charge in [0.25, 0.3) is 0 Å². The summed E-state index contributed by atoms with van der Waals surface area (Å²) < 4.78 is 1.81. The fraction of sp³-hybridized carbons (Fsp3) is 0.316. The SMILES string of the molecule is Cc1[nH]nc(CCC(=O)NC(C)c2ccccc2-n2cccn2)c1C. The third-order valence-corrected chi connectivity index (χ3v) is 4.47. The van der Waals surface area contributed by atoms with Gasteiger partial charge in [0.1, 0.15) is 0 Å². The molecule has 0 aliphatic heterocycles. The molecule has 0 bridgehead atoms. The van der Waals surface area contributed by atoms with Crippen LogP contribution in [0.2, 0.25) is 0 Å². The first-order valence-corrected chi connectivity index (χ1v) is 8.45. The van der Waals surface area contributed by atoms with Crippen LogP contribution in [0, 0.1) is 13.8 Å². The number of hydrogen-bond donors (Lipinski definition) is 2. The number of nitrogens with zero attached hydrogens (tertiary/aromatic N) is 3. The lowest BCUT2D eigenvalue weighted by Gasteiger charge is -2.18. The van der Waals surface area contributed by atoms with Crippen LogP contribution in [-0.2, 0) is 11.2 Å². The van der Waals surface area contributed by atoms with Gasteiger partial charge < -0.3 is 5.32 Å². The van der Waals surface area contributed by atoms with E-state index in [4.69, 9.17) is 0 Å². The maximum atomic E-state index is 12.3. The minimum Gasteiger partial charge on any atom is -0.349 e. The molecule has 2 heterocycles. The van der Waals surface area contributed by atoms with Gasteiger partial charge in [-0.15, -0.1) is 0 Å². The molecule has 2 aromatic heterocycles.